The first-order chi connectivity index (χ1) is 24.4. The molecule has 0 amide bonds. The van der Waals surface area contributed by atoms with Crippen LogP contribution in [0.2, 0.25) is 0 Å². The van der Waals surface area contributed by atoms with Crippen LogP contribution in [0, 0.1) is 0 Å². The van der Waals surface area contributed by atoms with E-state index >= 15 is 0 Å². The van der Waals surface area contributed by atoms with E-state index in [1.54, 1.807) is 0 Å². The molecule has 0 aliphatic rings. The van der Waals surface area contributed by atoms with E-state index in [4.69, 9.17) is 11.3 Å². The van der Waals surface area contributed by atoms with Crippen molar-refractivity contribution in [2.24, 2.45) is 0 Å². The molecule has 0 saturated heterocycles. The first kappa shape index (κ1) is 20.9. The topological polar surface area (TPSA) is 13.1 Å². The molecule has 1 nitrogen and oxygen atoms in total. The molecule has 1 heteroatoms. The highest BCUT2D eigenvalue weighted by Gasteiger charge is 2.20. The minimum Gasteiger partial charge on any atom is -0.455 e. The number of hydrogen-bond donors (Lipinski definition) is 0. The summed E-state index contributed by atoms with van der Waals surface area (Å²) < 4.78 is 49.2. The molecular weight excluding hydrogens is 544 g/mol. The molecule has 1 aromatic heterocycles. The van der Waals surface area contributed by atoms with E-state index in [-0.39, 0.29) is 29.7 Å². The predicted molar refractivity (Wildman–Crippen MR) is 190 cm³/mol. The van der Waals surface area contributed by atoms with E-state index in [0.29, 0.717) is 5.56 Å². The van der Waals surface area contributed by atoms with Crippen molar-refractivity contribution in [2.75, 3.05) is 0 Å². The Morgan fingerprint density at radius 3 is 1.67 bits per heavy atom. The molecule has 0 N–H and O–H groups in total. The van der Waals surface area contributed by atoms with Gasteiger partial charge in [0.2, 0.25) is 0 Å². The van der Waals surface area contributed by atoms with Crippen molar-refractivity contribution in [2.45, 2.75) is 0 Å². The maximum Gasteiger partial charge on any atom is 0.143 e. The maximum absolute atomic E-state index is 8.79. The van der Waals surface area contributed by atoms with Gasteiger partial charge in [-0.25, -0.2) is 0 Å². The van der Waals surface area contributed by atoms with Crippen LogP contribution in [0.5, 0.6) is 0 Å². The first-order valence-electron chi connectivity index (χ1n) is 17.5. The molecule has 45 heavy (non-hydrogen) atoms. The van der Waals surface area contributed by atoms with Gasteiger partial charge in [0.05, 0.1) is 6.85 Å². The number of furan rings is 1. The standard InChI is InChI=1S/C44H28O/c1-3-14-29(15-4-1)32-18-7-8-19-35(32)43-38-22-11-9-20-36(38)42(37-21-10-12-23-39(37)43)31-26-27-34-40-25-13-24-33(30-16-5-2-6-17-30)44(40)45-41(34)28-31/h1-28H/i1D,3D,4D,14D,15D. The first-order valence-corrected chi connectivity index (χ1v) is 15.0. The van der Waals surface area contributed by atoms with Gasteiger partial charge in [-0.2, -0.15) is 0 Å². The van der Waals surface area contributed by atoms with Crippen LogP contribution in [-0.2, 0) is 0 Å². The fourth-order valence-corrected chi connectivity index (χ4v) is 6.83. The lowest BCUT2D eigenvalue weighted by Crippen LogP contribution is -1.92. The summed E-state index contributed by atoms with van der Waals surface area (Å²) in [5.41, 5.74) is 8.45. The zero-order valence-corrected chi connectivity index (χ0v) is 24.2. The number of fused-ring (bicyclic) bond motifs is 5. The summed E-state index contributed by atoms with van der Waals surface area (Å²) in [6.07, 6.45) is 0. The summed E-state index contributed by atoms with van der Waals surface area (Å²) in [6.45, 7) is 0. The molecule has 8 aromatic carbocycles. The molecule has 0 saturated carbocycles. The smallest absolute Gasteiger partial charge is 0.143 e. The van der Waals surface area contributed by atoms with Crippen LogP contribution in [0.4, 0.5) is 0 Å². The molecule has 9 rings (SSSR count). The van der Waals surface area contributed by atoms with Crippen molar-refractivity contribution in [3.8, 4) is 44.5 Å². The lowest BCUT2D eigenvalue weighted by Gasteiger charge is -2.19. The van der Waals surface area contributed by atoms with Gasteiger partial charge in [-0.1, -0.05) is 158 Å². The number of rotatable bonds is 4. The Morgan fingerprint density at radius 2 is 0.956 bits per heavy atom. The van der Waals surface area contributed by atoms with Crippen LogP contribution in [0.15, 0.2) is 174 Å². The van der Waals surface area contributed by atoms with Crippen LogP contribution in [0.3, 0.4) is 0 Å². The molecule has 210 valence electrons. The van der Waals surface area contributed by atoms with Crippen LogP contribution in [-0.4, -0.2) is 0 Å². The van der Waals surface area contributed by atoms with Gasteiger partial charge in [0.25, 0.3) is 0 Å². The Balaban J connectivity index is 1.32. The molecule has 0 aliphatic heterocycles. The van der Waals surface area contributed by atoms with Gasteiger partial charge >= 0.3 is 0 Å². The monoisotopic (exact) mass is 577 g/mol. The third-order valence-corrected chi connectivity index (χ3v) is 8.77. The van der Waals surface area contributed by atoms with Crippen LogP contribution in [0.25, 0.3) is 88.0 Å². The Morgan fingerprint density at radius 1 is 0.378 bits per heavy atom. The largest absolute Gasteiger partial charge is 0.455 e. The molecule has 0 fully saturated rings. The molecule has 0 aliphatic carbocycles. The summed E-state index contributed by atoms with van der Waals surface area (Å²) in [5.74, 6) is 0. The average Bonchev–Trinajstić information content (AvgIpc) is 3.54. The highest BCUT2D eigenvalue weighted by molar-refractivity contribution is 6.23. The van der Waals surface area contributed by atoms with Crippen LogP contribution >= 0.6 is 0 Å². The van der Waals surface area contributed by atoms with Gasteiger partial charge in [0.15, 0.2) is 0 Å². The second-order valence-corrected chi connectivity index (χ2v) is 11.2. The minimum atomic E-state index is -0.404. The van der Waals surface area contributed by atoms with E-state index in [2.05, 4.69) is 72.8 Å². The van der Waals surface area contributed by atoms with E-state index in [0.717, 1.165) is 76.9 Å². The van der Waals surface area contributed by atoms with Crippen LogP contribution < -0.4 is 0 Å². The molecule has 0 unspecified atom stereocenters. The quantitative estimate of drug-likeness (QED) is 0.190. The Hall–Kier alpha value is -5.92. The molecule has 0 atom stereocenters. The van der Waals surface area contributed by atoms with E-state index in [1.807, 2.05) is 66.7 Å². The van der Waals surface area contributed by atoms with Gasteiger partial charge in [-0.05, 0) is 72.6 Å². The summed E-state index contributed by atoms with van der Waals surface area (Å²) in [5, 5.41) is 6.20. The Kier molecular flexibility index (Phi) is 4.81. The molecule has 0 spiro atoms. The highest BCUT2D eigenvalue weighted by Crippen LogP contribution is 2.47. The third-order valence-electron chi connectivity index (χ3n) is 8.77. The maximum atomic E-state index is 8.79. The van der Waals surface area contributed by atoms with Crippen molar-refractivity contribution in [3.05, 3.63) is 170 Å². The second kappa shape index (κ2) is 10.4. The molecule has 9 aromatic rings. The van der Waals surface area contributed by atoms with Crippen LogP contribution in [0.1, 0.15) is 6.85 Å². The predicted octanol–water partition coefficient (Wildman–Crippen LogP) is 12.6. The zero-order valence-electron chi connectivity index (χ0n) is 29.2. The third kappa shape index (κ3) is 4.09. The van der Waals surface area contributed by atoms with E-state index in [9.17, 15) is 0 Å². The van der Waals surface area contributed by atoms with Crippen molar-refractivity contribution in [1.29, 1.82) is 0 Å². The summed E-state index contributed by atoms with van der Waals surface area (Å²) in [7, 11) is 0. The van der Waals surface area contributed by atoms with Crippen molar-refractivity contribution < 1.29 is 11.3 Å². The van der Waals surface area contributed by atoms with Crippen molar-refractivity contribution in [3.63, 3.8) is 0 Å². The van der Waals surface area contributed by atoms with Gasteiger partial charge in [0.1, 0.15) is 11.2 Å². The van der Waals surface area contributed by atoms with Gasteiger partial charge in [0, 0.05) is 16.3 Å². The fraction of sp³-hybridized carbons (Fsp3) is 0. The Bertz CT molecular complexity index is 2730. The Labute approximate surface area is 268 Å². The SMILES string of the molecule is [2H]c1c([2H])c([2H])c(-c2ccccc2-c2c3ccccc3c(-c3ccc4c(c3)oc3c(-c5ccccc5)cccc34)c3ccccc23)c([2H])c1[2H]. The molecule has 1 heterocycles. The number of benzene rings is 8. The molecule has 0 radical (unpaired) electrons. The normalized spacial score (nSPS) is 13.1. The second-order valence-electron chi connectivity index (χ2n) is 11.2. The lowest BCUT2D eigenvalue weighted by atomic mass is 9.84. The van der Waals surface area contributed by atoms with Gasteiger partial charge in [-0.3, -0.25) is 0 Å². The van der Waals surface area contributed by atoms with E-state index in [1.165, 1.54) is 0 Å². The summed E-state index contributed by atoms with van der Waals surface area (Å²) in [4.78, 5) is 0. The molecular formula is C44H28O. The zero-order chi connectivity index (χ0) is 34.1. The van der Waals surface area contributed by atoms with E-state index < -0.39 is 6.04 Å². The number of para-hydroxylation sites is 1. The number of hydrogen-bond acceptors (Lipinski definition) is 1. The summed E-state index contributed by atoms with van der Waals surface area (Å²) >= 11 is 0. The fourth-order valence-electron chi connectivity index (χ4n) is 6.83. The lowest BCUT2D eigenvalue weighted by molar-refractivity contribution is 0.670. The summed E-state index contributed by atoms with van der Waals surface area (Å²) in [6, 6.07) is 45.7. The van der Waals surface area contributed by atoms with Gasteiger partial charge in [-0.15, -0.1) is 0 Å². The average molecular weight is 578 g/mol. The van der Waals surface area contributed by atoms with Crippen molar-refractivity contribution >= 4 is 43.5 Å². The minimum absolute atomic E-state index is 0.189. The van der Waals surface area contributed by atoms with Crippen molar-refractivity contribution in [1.82, 2.24) is 0 Å². The highest BCUT2D eigenvalue weighted by atomic mass is 16.3. The molecule has 0 bridgehead atoms. The van der Waals surface area contributed by atoms with Gasteiger partial charge < -0.3 is 4.42 Å².